The summed E-state index contributed by atoms with van der Waals surface area (Å²) < 4.78 is 0. The highest BCUT2D eigenvalue weighted by Gasteiger charge is 2.16. The van der Waals surface area contributed by atoms with Crippen LogP contribution in [0.5, 0.6) is 0 Å². The van der Waals surface area contributed by atoms with Gasteiger partial charge in [-0.15, -0.1) is 12.4 Å². The number of benzene rings is 1. The van der Waals surface area contributed by atoms with E-state index in [2.05, 4.69) is 5.32 Å². The third-order valence-electron chi connectivity index (χ3n) is 2.05. The SMILES string of the molecule is Cl.O=C(O)C1=CCNc2ccccc21. The highest BCUT2D eigenvalue weighted by molar-refractivity contribution is 6.17. The lowest BCUT2D eigenvalue weighted by atomic mass is 10.0. The topological polar surface area (TPSA) is 49.3 Å². The number of hydrogen-bond acceptors (Lipinski definition) is 2. The summed E-state index contributed by atoms with van der Waals surface area (Å²) in [5.41, 5.74) is 2.04. The zero-order chi connectivity index (χ0) is 9.26. The average molecular weight is 212 g/mol. The molecule has 1 aliphatic rings. The van der Waals surface area contributed by atoms with Gasteiger partial charge in [-0.2, -0.15) is 0 Å². The molecular weight excluding hydrogens is 202 g/mol. The van der Waals surface area contributed by atoms with Gasteiger partial charge in [0.1, 0.15) is 0 Å². The average Bonchev–Trinajstić information content (AvgIpc) is 2.17. The Bertz CT molecular complexity index is 387. The molecule has 0 bridgehead atoms. The molecule has 1 aromatic carbocycles. The second-order valence-electron chi connectivity index (χ2n) is 2.85. The van der Waals surface area contributed by atoms with Crippen LogP contribution in [0.3, 0.4) is 0 Å². The van der Waals surface area contributed by atoms with Crippen molar-refractivity contribution in [1.29, 1.82) is 0 Å². The van der Waals surface area contributed by atoms with E-state index in [-0.39, 0.29) is 12.4 Å². The monoisotopic (exact) mass is 211 g/mol. The number of halogens is 1. The molecule has 0 aromatic heterocycles. The summed E-state index contributed by atoms with van der Waals surface area (Å²) in [7, 11) is 0. The van der Waals surface area contributed by atoms with Gasteiger partial charge in [-0.1, -0.05) is 24.3 Å². The molecule has 2 rings (SSSR count). The number of carboxylic acid groups (broad SMARTS) is 1. The largest absolute Gasteiger partial charge is 0.478 e. The minimum absolute atomic E-state index is 0. The number of nitrogens with one attached hydrogen (secondary N) is 1. The first-order valence-corrected chi connectivity index (χ1v) is 4.06. The molecule has 0 fully saturated rings. The second kappa shape index (κ2) is 4.15. The van der Waals surface area contributed by atoms with E-state index in [0.717, 1.165) is 11.3 Å². The molecule has 0 aliphatic carbocycles. The van der Waals surface area contributed by atoms with Gasteiger partial charge >= 0.3 is 5.97 Å². The van der Waals surface area contributed by atoms with E-state index in [4.69, 9.17) is 5.11 Å². The lowest BCUT2D eigenvalue weighted by Crippen LogP contribution is -2.12. The van der Waals surface area contributed by atoms with E-state index in [0.29, 0.717) is 12.1 Å². The Morgan fingerprint density at radius 3 is 2.79 bits per heavy atom. The number of carbonyl (C=O) groups is 1. The van der Waals surface area contributed by atoms with Crippen LogP contribution < -0.4 is 5.32 Å². The van der Waals surface area contributed by atoms with Crippen molar-refractivity contribution >= 4 is 29.6 Å². The molecule has 1 aliphatic heterocycles. The van der Waals surface area contributed by atoms with Gasteiger partial charge in [0.05, 0.1) is 5.57 Å². The van der Waals surface area contributed by atoms with Gasteiger partial charge in [0.25, 0.3) is 0 Å². The van der Waals surface area contributed by atoms with Crippen LogP contribution in [0, 0.1) is 0 Å². The first kappa shape index (κ1) is 10.6. The zero-order valence-corrected chi connectivity index (χ0v) is 8.17. The summed E-state index contributed by atoms with van der Waals surface area (Å²) in [5.74, 6) is -0.867. The smallest absolute Gasteiger partial charge is 0.336 e. The standard InChI is InChI=1S/C10H9NO2.ClH/c12-10(13)8-5-6-11-9-4-2-1-3-7(8)9;/h1-5,11H,6H2,(H,12,13);1H. The number of fused-ring (bicyclic) bond motifs is 1. The van der Waals surface area contributed by atoms with Gasteiger partial charge in [-0.05, 0) is 6.07 Å². The molecule has 1 aromatic rings. The summed E-state index contributed by atoms with van der Waals surface area (Å²) in [5, 5.41) is 12.0. The van der Waals surface area contributed by atoms with E-state index < -0.39 is 5.97 Å². The quantitative estimate of drug-likeness (QED) is 0.747. The van der Waals surface area contributed by atoms with Gasteiger partial charge in [0.2, 0.25) is 0 Å². The van der Waals surface area contributed by atoms with Crippen LogP contribution in [0.15, 0.2) is 30.3 Å². The van der Waals surface area contributed by atoms with Crippen LogP contribution >= 0.6 is 12.4 Å². The van der Waals surface area contributed by atoms with Gasteiger partial charge in [-0.25, -0.2) is 4.79 Å². The molecule has 0 atom stereocenters. The molecule has 14 heavy (non-hydrogen) atoms. The fourth-order valence-electron chi connectivity index (χ4n) is 1.45. The summed E-state index contributed by atoms with van der Waals surface area (Å²) in [4.78, 5) is 10.8. The van der Waals surface area contributed by atoms with Crippen LogP contribution in [-0.2, 0) is 4.79 Å². The highest BCUT2D eigenvalue weighted by Crippen LogP contribution is 2.26. The minimum Gasteiger partial charge on any atom is -0.478 e. The molecule has 0 spiro atoms. The molecule has 0 amide bonds. The number of hydrogen-bond donors (Lipinski definition) is 2. The maximum Gasteiger partial charge on any atom is 0.336 e. The van der Waals surface area contributed by atoms with Gasteiger partial charge in [0, 0.05) is 17.8 Å². The van der Waals surface area contributed by atoms with Crippen molar-refractivity contribution in [3.63, 3.8) is 0 Å². The third kappa shape index (κ3) is 1.72. The first-order valence-electron chi connectivity index (χ1n) is 4.06. The van der Waals surface area contributed by atoms with Crippen molar-refractivity contribution in [2.75, 3.05) is 11.9 Å². The number of para-hydroxylation sites is 1. The molecule has 74 valence electrons. The van der Waals surface area contributed by atoms with Crippen molar-refractivity contribution in [2.45, 2.75) is 0 Å². The van der Waals surface area contributed by atoms with Crippen molar-refractivity contribution < 1.29 is 9.90 Å². The number of aliphatic carboxylic acids is 1. The Morgan fingerprint density at radius 1 is 1.36 bits per heavy atom. The molecule has 0 saturated carbocycles. The lowest BCUT2D eigenvalue weighted by molar-refractivity contribution is -0.130. The molecule has 0 unspecified atom stereocenters. The van der Waals surface area contributed by atoms with E-state index in [9.17, 15) is 4.79 Å². The van der Waals surface area contributed by atoms with E-state index >= 15 is 0 Å². The molecule has 0 radical (unpaired) electrons. The molecule has 2 N–H and O–H groups in total. The maximum absolute atomic E-state index is 10.8. The fraction of sp³-hybridized carbons (Fsp3) is 0.100. The van der Waals surface area contributed by atoms with Crippen molar-refractivity contribution in [1.82, 2.24) is 0 Å². The van der Waals surface area contributed by atoms with Crippen LogP contribution in [0.2, 0.25) is 0 Å². The van der Waals surface area contributed by atoms with Crippen molar-refractivity contribution in [3.8, 4) is 0 Å². The van der Waals surface area contributed by atoms with Gasteiger partial charge in [0.15, 0.2) is 0 Å². The summed E-state index contributed by atoms with van der Waals surface area (Å²) >= 11 is 0. The Balaban J connectivity index is 0.000000980. The van der Waals surface area contributed by atoms with Crippen molar-refractivity contribution in [2.24, 2.45) is 0 Å². The maximum atomic E-state index is 10.8. The van der Waals surface area contributed by atoms with E-state index in [1.165, 1.54) is 0 Å². The highest BCUT2D eigenvalue weighted by atomic mass is 35.5. The van der Waals surface area contributed by atoms with Crippen molar-refractivity contribution in [3.05, 3.63) is 35.9 Å². The second-order valence-corrected chi connectivity index (χ2v) is 2.85. The number of anilines is 1. The Kier molecular flexibility index (Phi) is 3.14. The summed E-state index contributed by atoms with van der Waals surface area (Å²) in [6, 6.07) is 7.41. The summed E-state index contributed by atoms with van der Waals surface area (Å²) in [6.07, 6.45) is 1.69. The predicted octanol–water partition coefficient (Wildman–Crippen LogP) is 2.00. The molecule has 0 saturated heterocycles. The van der Waals surface area contributed by atoms with Crippen LogP contribution in [0.25, 0.3) is 5.57 Å². The Labute approximate surface area is 87.9 Å². The van der Waals surface area contributed by atoms with Crippen LogP contribution in [0.1, 0.15) is 5.56 Å². The van der Waals surface area contributed by atoms with E-state index in [1.807, 2.05) is 18.2 Å². The molecule has 3 nitrogen and oxygen atoms in total. The fourth-order valence-corrected chi connectivity index (χ4v) is 1.45. The molecule has 1 heterocycles. The van der Waals surface area contributed by atoms with Crippen LogP contribution in [-0.4, -0.2) is 17.6 Å². The van der Waals surface area contributed by atoms with Gasteiger partial charge in [-0.3, -0.25) is 0 Å². The molecular formula is C10H10ClNO2. The number of rotatable bonds is 1. The third-order valence-corrected chi connectivity index (χ3v) is 2.05. The van der Waals surface area contributed by atoms with E-state index in [1.54, 1.807) is 12.1 Å². The molecule has 4 heteroatoms. The lowest BCUT2D eigenvalue weighted by Gasteiger charge is -2.16. The summed E-state index contributed by atoms with van der Waals surface area (Å²) in [6.45, 7) is 0.582. The normalized spacial score (nSPS) is 13.0. The minimum atomic E-state index is -0.867. The first-order chi connectivity index (χ1) is 6.29. The predicted molar refractivity (Wildman–Crippen MR) is 57.8 cm³/mol. The zero-order valence-electron chi connectivity index (χ0n) is 7.36. The Morgan fingerprint density at radius 2 is 2.07 bits per heavy atom. The van der Waals surface area contributed by atoms with Gasteiger partial charge < -0.3 is 10.4 Å². The number of carboxylic acids is 1. The van der Waals surface area contributed by atoms with Crippen LogP contribution in [0.4, 0.5) is 5.69 Å². The Hall–Kier alpha value is -1.48.